The third-order valence-corrected chi connectivity index (χ3v) is 6.54. The van der Waals surface area contributed by atoms with Crippen LogP contribution in [-0.4, -0.2) is 22.0 Å². The fourth-order valence-electron chi connectivity index (χ4n) is 4.34. The van der Waals surface area contributed by atoms with E-state index in [1.165, 1.54) is 12.1 Å². The van der Waals surface area contributed by atoms with Gasteiger partial charge in [0.05, 0.1) is 11.4 Å². The van der Waals surface area contributed by atoms with Crippen LogP contribution in [0.3, 0.4) is 0 Å². The van der Waals surface area contributed by atoms with Crippen LogP contribution in [0.1, 0.15) is 56.8 Å². The van der Waals surface area contributed by atoms with Crippen LogP contribution in [0.2, 0.25) is 0 Å². The van der Waals surface area contributed by atoms with Gasteiger partial charge in [-0.05, 0) is 71.8 Å². The van der Waals surface area contributed by atoms with Gasteiger partial charge in [0.15, 0.2) is 0 Å². The number of phenols is 2. The number of amides is 2. The van der Waals surface area contributed by atoms with Gasteiger partial charge in [-0.2, -0.15) is 0 Å². The molecule has 0 atom stereocenters. The number of carbonyl (C=O) groups excluding carboxylic acids is 2. The first-order valence-electron chi connectivity index (χ1n) is 12.1. The molecular weight excluding hydrogens is 488 g/mol. The average molecular weight is 515 g/mol. The number of anilines is 2. The van der Waals surface area contributed by atoms with E-state index >= 15 is 0 Å². The topological polar surface area (TPSA) is 98.7 Å². The first kappa shape index (κ1) is 26.6. The number of terminal acetylenes is 2. The lowest BCUT2D eigenvalue weighted by atomic mass is 9.76. The molecule has 6 heteroatoms. The molecule has 192 valence electrons. The minimum Gasteiger partial charge on any atom is -0.506 e. The molecule has 0 aromatic heterocycles. The second-order valence-corrected chi connectivity index (χ2v) is 9.38. The van der Waals surface area contributed by atoms with Gasteiger partial charge in [0.2, 0.25) is 0 Å². The van der Waals surface area contributed by atoms with Crippen molar-refractivity contribution in [3.05, 3.63) is 118 Å². The van der Waals surface area contributed by atoms with Crippen molar-refractivity contribution in [1.82, 2.24) is 0 Å². The number of rotatable bonds is 6. The van der Waals surface area contributed by atoms with Crippen molar-refractivity contribution in [2.24, 2.45) is 0 Å². The number of nitrogens with one attached hydrogen (secondary N) is 2. The SMILES string of the molecule is C#Cc1ccc(C(=O)Nc2c(O)cccc2C(C)(C)c2cccc(O)c2NC(=O)c2ccc(C#C)cc2)cc1. The Bertz CT molecular complexity index is 1510. The van der Waals surface area contributed by atoms with Crippen LogP contribution in [0.25, 0.3) is 0 Å². The van der Waals surface area contributed by atoms with Crippen molar-refractivity contribution in [3.63, 3.8) is 0 Å². The summed E-state index contributed by atoms with van der Waals surface area (Å²) in [5.41, 5.74) is 2.65. The van der Waals surface area contributed by atoms with E-state index in [0.717, 1.165) is 0 Å². The molecule has 6 nitrogen and oxygen atoms in total. The molecule has 0 saturated carbocycles. The fourth-order valence-corrected chi connectivity index (χ4v) is 4.34. The number of aromatic hydroxyl groups is 2. The molecule has 39 heavy (non-hydrogen) atoms. The number of para-hydroxylation sites is 2. The maximum absolute atomic E-state index is 13.1. The standard InChI is InChI=1S/C33H26N2O4/c1-5-21-13-17-23(18-14-21)31(38)34-29-25(9-7-11-27(29)36)33(3,4)26-10-8-12-28(37)30(26)35-32(39)24-19-15-22(6-2)16-20-24/h1-2,7-20,36-37H,3-4H3,(H,34,38)(H,35,39). The highest BCUT2D eigenvalue weighted by Crippen LogP contribution is 2.45. The molecule has 4 N–H and O–H groups in total. The summed E-state index contributed by atoms with van der Waals surface area (Å²) in [6.45, 7) is 3.73. The highest BCUT2D eigenvalue weighted by molar-refractivity contribution is 6.07. The lowest BCUT2D eigenvalue weighted by Crippen LogP contribution is -2.25. The van der Waals surface area contributed by atoms with E-state index in [9.17, 15) is 19.8 Å². The minimum atomic E-state index is -0.899. The largest absolute Gasteiger partial charge is 0.506 e. The molecule has 0 spiro atoms. The zero-order chi connectivity index (χ0) is 28.2. The summed E-state index contributed by atoms with van der Waals surface area (Å²) in [7, 11) is 0. The molecule has 0 fully saturated rings. The highest BCUT2D eigenvalue weighted by Gasteiger charge is 2.32. The molecule has 0 saturated heterocycles. The van der Waals surface area contributed by atoms with Crippen molar-refractivity contribution in [3.8, 4) is 36.2 Å². The molecule has 4 aromatic rings. The second-order valence-electron chi connectivity index (χ2n) is 9.38. The van der Waals surface area contributed by atoms with Crippen LogP contribution < -0.4 is 10.6 Å². The lowest BCUT2D eigenvalue weighted by Gasteiger charge is -2.31. The van der Waals surface area contributed by atoms with Crippen molar-refractivity contribution in [2.75, 3.05) is 10.6 Å². The summed E-state index contributed by atoms with van der Waals surface area (Å²) in [6, 6.07) is 22.9. The summed E-state index contributed by atoms with van der Waals surface area (Å²) in [5, 5.41) is 27.2. The summed E-state index contributed by atoms with van der Waals surface area (Å²) in [6.07, 6.45) is 10.8. The maximum atomic E-state index is 13.1. The molecule has 0 radical (unpaired) electrons. The van der Waals surface area contributed by atoms with Crippen molar-refractivity contribution in [2.45, 2.75) is 19.3 Å². The zero-order valence-corrected chi connectivity index (χ0v) is 21.4. The van der Waals surface area contributed by atoms with Crippen LogP contribution in [0.5, 0.6) is 11.5 Å². The molecule has 0 heterocycles. The molecule has 4 aromatic carbocycles. The molecular formula is C33H26N2O4. The molecule has 0 aliphatic heterocycles. The van der Waals surface area contributed by atoms with E-state index in [-0.39, 0.29) is 22.9 Å². The quantitative estimate of drug-likeness (QED) is 0.190. The highest BCUT2D eigenvalue weighted by atomic mass is 16.3. The number of benzene rings is 4. The Kier molecular flexibility index (Phi) is 7.42. The maximum Gasteiger partial charge on any atom is 0.255 e. The van der Waals surface area contributed by atoms with Crippen LogP contribution in [0.15, 0.2) is 84.9 Å². The molecule has 0 aliphatic rings. The van der Waals surface area contributed by atoms with Gasteiger partial charge in [-0.1, -0.05) is 50.0 Å². The molecule has 4 rings (SSSR count). The van der Waals surface area contributed by atoms with Crippen LogP contribution in [-0.2, 0) is 5.41 Å². The summed E-state index contributed by atoms with van der Waals surface area (Å²) in [5.74, 6) is 3.89. The number of carbonyl (C=O) groups is 2. The monoisotopic (exact) mass is 514 g/mol. The third kappa shape index (κ3) is 5.46. The van der Waals surface area contributed by atoms with Gasteiger partial charge in [-0.3, -0.25) is 9.59 Å². The Hall–Kier alpha value is -5.46. The van der Waals surface area contributed by atoms with Gasteiger partial charge in [0, 0.05) is 27.7 Å². The van der Waals surface area contributed by atoms with Gasteiger partial charge in [-0.15, -0.1) is 12.8 Å². The van der Waals surface area contributed by atoms with E-state index in [1.807, 2.05) is 13.8 Å². The Morgan fingerprint density at radius 2 is 1.00 bits per heavy atom. The molecule has 0 bridgehead atoms. The van der Waals surface area contributed by atoms with Crippen LogP contribution in [0.4, 0.5) is 11.4 Å². The van der Waals surface area contributed by atoms with Gasteiger partial charge < -0.3 is 20.8 Å². The summed E-state index contributed by atoms with van der Waals surface area (Å²) >= 11 is 0. The van der Waals surface area contributed by atoms with E-state index < -0.39 is 17.2 Å². The smallest absolute Gasteiger partial charge is 0.255 e. The lowest BCUT2D eigenvalue weighted by molar-refractivity contribution is 0.101. The predicted molar refractivity (Wildman–Crippen MR) is 153 cm³/mol. The number of hydrogen-bond donors (Lipinski definition) is 4. The summed E-state index contributed by atoms with van der Waals surface area (Å²) < 4.78 is 0. The van der Waals surface area contributed by atoms with Gasteiger partial charge in [-0.25, -0.2) is 0 Å². The zero-order valence-electron chi connectivity index (χ0n) is 21.4. The van der Waals surface area contributed by atoms with Gasteiger partial charge in [0.25, 0.3) is 11.8 Å². The van der Waals surface area contributed by atoms with Crippen LogP contribution >= 0.6 is 0 Å². The first-order valence-corrected chi connectivity index (χ1v) is 12.1. The predicted octanol–water partition coefficient (Wildman–Crippen LogP) is 5.89. The van der Waals surface area contributed by atoms with E-state index in [0.29, 0.717) is 33.4 Å². The normalized spacial score (nSPS) is 10.7. The number of hydrogen-bond acceptors (Lipinski definition) is 4. The molecule has 0 aliphatic carbocycles. The Balaban J connectivity index is 1.72. The van der Waals surface area contributed by atoms with Crippen molar-refractivity contribution < 1.29 is 19.8 Å². The number of phenolic OH excluding ortho intramolecular Hbond substituents is 2. The van der Waals surface area contributed by atoms with Crippen molar-refractivity contribution >= 4 is 23.2 Å². The Morgan fingerprint density at radius 3 is 1.33 bits per heavy atom. The Labute approximate surface area is 227 Å². The second kappa shape index (κ2) is 10.9. The van der Waals surface area contributed by atoms with Crippen LogP contribution in [0, 0.1) is 24.7 Å². The first-order chi connectivity index (χ1) is 18.6. The van der Waals surface area contributed by atoms with Gasteiger partial charge >= 0.3 is 0 Å². The Morgan fingerprint density at radius 1 is 0.641 bits per heavy atom. The van der Waals surface area contributed by atoms with Gasteiger partial charge in [0.1, 0.15) is 11.5 Å². The average Bonchev–Trinajstić information content (AvgIpc) is 2.95. The van der Waals surface area contributed by atoms with E-state index in [4.69, 9.17) is 12.8 Å². The van der Waals surface area contributed by atoms with E-state index in [1.54, 1.807) is 72.8 Å². The fraction of sp³-hybridized carbons (Fsp3) is 0.0909. The van der Waals surface area contributed by atoms with E-state index in [2.05, 4.69) is 22.5 Å². The summed E-state index contributed by atoms with van der Waals surface area (Å²) in [4.78, 5) is 26.1. The minimum absolute atomic E-state index is 0.131. The molecule has 0 unspecified atom stereocenters. The van der Waals surface area contributed by atoms with Crippen molar-refractivity contribution in [1.29, 1.82) is 0 Å². The third-order valence-electron chi connectivity index (χ3n) is 6.54. The molecule has 2 amide bonds.